The average molecular weight is 622 g/mol. The molecule has 10 nitrogen and oxygen atoms in total. The molecule has 14 heteroatoms. The van der Waals surface area contributed by atoms with E-state index in [-0.39, 0.29) is 47.6 Å². The summed E-state index contributed by atoms with van der Waals surface area (Å²) in [6, 6.07) is 16.8. The minimum Gasteiger partial charge on any atom is -0.402 e. The van der Waals surface area contributed by atoms with E-state index >= 15 is 0 Å². The molecule has 0 spiro atoms. The third-order valence-corrected chi connectivity index (χ3v) is 9.97. The summed E-state index contributed by atoms with van der Waals surface area (Å²) in [7, 11) is 0. The Labute approximate surface area is 253 Å². The van der Waals surface area contributed by atoms with Gasteiger partial charge in [-0.1, -0.05) is 71.4 Å². The number of benzene rings is 2. The quantitative estimate of drug-likeness (QED) is 0.295. The summed E-state index contributed by atoms with van der Waals surface area (Å²) in [5.74, 6) is -0.472. The fraction of sp³-hybridized carbons (Fsp3) is 0.367. The van der Waals surface area contributed by atoms with Crippen molar-refractivity contribution < 1.29 is 27.1 Å². The molecule has 0 bridgehead atoms. The molecule has 44 heavy (non-hydrogen) atoms. The van der Waals surface area contributed by atoms with Gasteiger partial charge in [0.1, 0.15) is 15.4 Å². The van der Waals surface area contributed by atoms with Crippen LogP contribution in [0.15, 0.2) is 64.0 Å². The highest BCUT2D eigenvalue weighted by molar-refractivity contribution is 7.16. The highest BCUT2D eigenvalue weighted by Gasteiger charge is 2.62. The van der Waals surface area contributed by atoms with Crippen molar-refractivity contribution in [1.82, 2.24) is 15.2 Å². The van der Waals surface area contributed by atoms with Crippen molar-refractivity contribution in [3.63, 3.8) is 0 Å². The minimum absolute atomic E-state index is 0.00434. The SMILES string of the molecule is O=C1Nc2ccccc2C(c2ccccc2)=N[C@@H]1Nc1nnc(-c2nc(C3(C(F)(F)F)CCC3)sc2N2CCOC3C[C@H]32)o1. The zero-order valence-corrected chi connectivity index (χ0v) is 24.0. The molecule has 1 saturated heterocycles. The summed E-state index contributed by atoms with van der Waals surface area (Å²) in [6.45, 7) is 0.990. The van der Waals surface area contributed by atoms with Crippen LogP contribution < -0.4 is 15.5 Å². The summed E-state index contributed by atoms with van der Waals surface area (Å²) in [4.78, 5) is 24.6. The number of hydrogen-bond donors (Lipinski definition) is 2. The number of thiazole rings is 1. The predicted octanol–water partition coefficient (Wildman–Crippen LogP) is 5.38. The maximum atomic E-state index is 14.3. The summed E-state index contributed by atoms with van der Waals surface area (Å²) in [6.07, 6.45) is -4.23. The number of carbonyl (C=O) groups excluding carboxylic acids is 1. The van der Waals surface area contributed by atoms with E-state index in [1.54, 1.807) is 6.07 Å². The van der Waals surface area contributed by atoms with Crippen molar-refractivity contribution in [2.24, 2.45) is 4.99 Å². The smallest absolute Gasteiger partial charge is 0.400 e. The van der Waals surface area contributed by atoms with Crippen molar-refractivity contribution >= 4 is 39.7 Å². The first-order valence-electron chi connectivity index (χ1n) is 14.4. The summed E-state index contributed by atoms with van der Waals surface area (Å²) < 4.78 is 54.6. The molecule has 2 aliphatic carbocycles. The standard InChI is InChI=1S/C30H26F3N7O3S/c31-30(32,33)29(11-6-12-29)27-36-22(26(44-27)40-13-14-42-20-15-19(20)40)25-38-39-28(43-25)37-23-24(41)34-18-10-5-4-9-17(18)21(35-23)16-7-2-1-3-8-16/h1-5,7-10,19-20,23H,6,11-15H2,(H,34,41)(H,37,39)/t19-,20?,23-/m1/s1. The fourth-order valence-electron chi connectivity index (χ4n) is 6.06. The lowest BCUT2D eigenvalue weighted by molar-refractivity contribution is -0.212. The van der Waals surface area contributed by atoms with Gasteiger partial charge in [-0.3, -0.25) is 4.79 Å². The van der Waals surface area contributed by atoms with Crippen molar-refractivity contribution in [3.05, 3.63) is 70.7 Å². The first-order valence-corrected chi connectivity index (χ1v) is 15.2. The maximum Gasteiger partial charge on any atom is 0.400 e. The van der Waals surface area contributed by atoms with Crippen molar-refractivity contribution in [2.45, 2.75) is 55.6 Å². The van der Waals surface area contributed by atoms with Gasteiger partial charge in [0.15, 0.2) is 5.69 Å². The van der Waals surface area contributed by atoms with Crippen molar-refractivity contribution in [2.75, 3.05) is 28.7 Å². The van der Waals surface area contributed by atoms with Gasteiger partial charge in [0, 0.05) is 17.7 Å². The normalized spacial score (nSPS) is 23.9. The van der Waals surface area contributed by atoms with Crippen molar-refractivity contribution in [1.29, 1.82) is 0 Å². The number of para-hydroxylation sites is 1. The first kappa shape index (κ1) is 27.3. The van der Waals surface area contributed by atoms with Gasteiger partial charge in [0.2, 0.25) is 6.17 Å². The number of alkyl halides is 3. The van der Waals surface area contributed by atoms with Gasteiger partial charge < -0.3 is 24.7 Å². The first-order chi connectivity index (χ1) is 21.3. The number of fused-ring (bicyclic) bond motifs is 2. The van der Waals surface area contributed by atoms with Gasteiger partial charge >= 0.3 is 12.2 Å². The zero-order chi connectivity index (χ0) is 30.1. The van der Waals surface area contributed by atoms with E-state index in [2.05, 4.69) is 30.7 Å². The van der Waals surface area contributed by atoms with Crippen LogP contribution in [0.5, 0.6) is 0 Å². The molecule has 2 saturated carbocycles. The summed E-state index contributed by atoms with van der Waals surface area (Å²) >= 11 is 1.04. The molecule has 4 aliphatic rings. The van der Waals surface area contributed by atoms with Crippen LogP contribution in [0.4, 0.5) is 29.9 Å². The van der Waals surface area contributed by atoms with Gasteiger partial charge in [-0.05, 0) is 25.3 Å². The van der Waals surface area contributed by atoms with Crippen molar-refractivity contribution in [3.8, 4) is 11.6 Å². The fourth-order valence-corrected chi connectivity index (χ4v) is 7.47. The van der Waals surface area contributed by atoms with Gasteiger partial charge in [-0.25, -0.2) is 9.98 Å². The molecular weight excluding hydrogens is 595 g/mol. The molecule has 4 heterocycles. The molecule has 0 radical (unpaired) electrons. The van der Waals surface area contributed by atoms with E-state index in [1.165, 1.54) is 0 Å². The van der Waals surface area contributed by atoms with Crippen LogP contribution in [0.3, 0.4) is 0 Å². The molecule has 2 aromatic carbocycles. The number of morpholine rings is 1. The number of carbonyl (C=O) groups is 1. The highest BCUT2D eigenvalue weighted by atomic mass is 32.1. The largest absolute Gasteiger partial charge is 0.402 e. The molecule has 4 aromatic rings. The Balaban J connectivity index is 1.15. The Hall–Kier alpha value is -4.30. The van der Waals surface area contributed by atoms with E-state index in [1.807, 2.05) is 48.5 Å². The van der Waals surface area contributed by atoms with E-state index < -0.39 is 23.7 Å². The molecule has 3 fully saturated rings. The Morgan fingerprint density at radius 2 is 1.86 bits per heavy atom. The molecular formula is C30H26F3N7O3S. The molecule has 1 amide bonds. The highest BCUT2D eigenvalue weighted by Crippen LogP contribution is 2.58. The molecule has 8 rings (SSSR count). The Morgan fingerprint density at radius 1 is 1.07 bits per heavy atom. The number of amides is 1. The minimum atomic E-state index is -4.43. The molecule has 3 atom stereocenters. The number of halogens is 3. The van der Waals surface area contributed by atoms with E-state index in [9.17, 15) is 18.0 Å². The summed E-state index contributed by atoms with van der Waals surface area (Å²) in [5.41, 5.74) is 0.992. The second kappa shape index (κ2) is 10.1. The number of nitrogens with one attached hydrogen (secondary N) is 2. The van der Waals surface area contributed by atoms with Crippen LogP contribution in [0.1, 0.15) is 41.8 Å². The van der Waals surface area contributed by atoms with Gasteiger partial charge in [-0.15, -0.1) is 5.10 Å². The summed E-state index contributed by atoms with van der Waals surface area (Å²) in [5, 5.41) is 14.6. The molecule has 2 N–H and O–H groups in total. The number of aromatic nitrogens is 3. The monoisotopic (exact) mass is 621 g/mol. The number of aliphatic imine (C=N–C) groups is 1. The van der Waals surface area contributed by atoms with E-state index in [4.69, 9.17) is 14.1 Å². The van der Waals surface area contributed by atoms with Crippen LogP contribution in [0.2, 0.25) is 0 Å². The Morgan fingerprint density at radius 3 is 2.64 bits per heavy atom. The number of nitrogens with zero attached hydrogens (tertiary/aromatic N) is 5. The third kappa shape index (κ3) is 4.46. The third-order valence-electron chi connectivity index (χ3n) is 8.68. The molecule has 2 aliphatic heterocycles. The topological polar surface area (TPSA) is 118 Å². The maximum absolute atomic E-state index is 14.3. The number of benzodiazepines with no additional fused rings is 1. The molecule has 1 unspecified atom stereocenters. The number of hydrogen-bond acceptors (Lipinski definition) is 10. The lowest BCUT2D eigenvalue weighted by Gasteiger charge is -2.41. The van der Waals surface area contributed by atoms with Crippen LogP contribution in [-0.4, -0.2) is 64.4 Å². The van der Waals surface area contributed by atoms with Crippen LogP contribution in [0.25, 0.3) is 11.6 Å². The van der Waals surface area contributed by atoms with Gasteiger partial charge in [-0.2, -0.15) is 13.2 Å². The second-order valence-corrected chi connectivity index (χ2v) is 12.3. The van der Waals surface area contributed by atoms with E-state index in [0.29, 0.717) is 36.0 Å². The Bertz CT molecular complexity index is 1770. The molecule has 226 valence electrons. The van der Waals surface area contributed by atoms with Crippen LogP contribution in [0, 0.1) is 0 Å². The lowest BCUT2D eigenvalue weighted by Crippen LogP contribution is -2.47. The number of rotatable bonds is 6. The van der Waals surface area contributed by atoms with E-state index in [0.717, 1.165) is 28.9 Å². The van der Waals surface area contributed by atoms with Gasteiger partial charge in [0.25, 0.3) is 11.8 Å². The van der Waals surface area contributed by atoms with Crippen LogP contribution >= 0.6 is 11.3 Å². The lowest BCUT2D eigenvalue weighted by atomic mass is 9.68. The average Bonchev–Trinajstić information content (AvgIpc) is 3.49. The Kier molecular flexibility index (Phi) is 6.27. The second-order valence-electron chi connectivity index (χ2n) is 11.3. The number of anilines is 3. The zero-order valence-electron chi connectivity index (χ0n) is 23.2. The molecule has 2 aromatic heterocycles. The van der Waals surface area contributed by atoms with Crippen LogP contribution in [-0.2, 0) is 14.9 Å². The predicted molar refractivity (Wildman–Crippen MR) is 157 cm³/mol. The number of ether oxygens (including phenoxy) is 1. The van der Waals surface area contributed by atoms with Gasteiger partial charge in [0.05, 0.1) is 30.2 Å².